The lowest BCUT2D eigenvalue weighted by molar-refractivity contribution is 0.112. The van der Waals surface area contributed by atoms with Crippen LogP contribution in [0.5, 0.6) is 0 Å². The molecule has 0 spiro atoms. The van der Waals surface area contributed by atoms with E-state index < -0.39 is 0 Å². The van der Waals surface area contributed by atoms with Gasteiger partial charge in [0.25, 0.3) is 0 Å². The summed E-state index contributed by atoms with van der Waals surface area (Å²) >= 11 is 5.78. The van der Waals surface area contributed by atoms with Gasteiger partial charge < -0.3 is 5.43 Å². The van der Waals surface area contributed by atoms with Gasteiger partial charge in [0.15, 0.2) is 12.1 Å². The van der Waals surface area contributed by atoms with Crippen LogP contribution in [0.25, 0.3) is 0 Å². The number of hydrogen-bond acceptors (Lipinski definition) is 5. The molecule has 0 amide bonds. The first-order valence-corrected chi connectivity index (χ1v) is 4.35. The first kappa shape index (κ1) is 10.9. The van der Waals surface area contributed by atoms with Crippen LogP contribution in [-0.4, -0.2) is 35.4 Å². The highest BCUT2D eigenvalue weighted by Crippen LogP contribution is 2.18. The third-order valence-electron chi connectivity index (χ3n) is 1.46. The molecule has 1 rings (SSSR count). The molecule has 0 unspecified atom stereocenters. The maximum Gasteiger partial charge on any atom is 0.156 e. The molecule has 0 aliphatic rings. The van der Waals surface area contributed by atoms with E-state index in [9.17, 15) is 4.79 Å². The number of aldehydes is 1. The summed E-state index contributed by atoms with van der Waals surface area (Å²) in [4.78, 5) is 18.7. The highest BCUT2D eigenvalue weighted by molar-refractivity contribution is 6.32. The lowest BCUT2D eigenvalue weighted by Crippen LogP contribution is -2.22. The molecule has 0 saturated carbocycles. The number of aromatic nitrogens is 2. The lowest BCUT2D eigenvalue weighted by Gasteiger charge is -2.14. The van der Waals surface area contributed by atoms with Crippen molar-refractivity contribution in [3.8, 4) is 0 Å². The Balaban J connectivity index is 3.17. The molecule has 14 heavy (non-hydrogen) atoms. The summed E-state index contributed by atoms with van der Waals surface area (Å²) in [7, 11) is 3.58. The highest BCUT2D eigenvalue weighted by Gasteiger charge is 2.10. The Labute approximate surface area is 87.1 Å². The van der Waals surface area contributed by atoms with Crippen molar-refractivity contribution in [3.63, 3.8) is 0 Å². The quantitative estimate of drug-likeness (QED) is 0.465. The van der Waals surface area contributed by atoms with Crippen LogP contribution in [0.15, 0.2) is 0 Å². The molecular formula is C8H11ClN4O. The Bertz CT molecular complexity index is 353. The van der Waals surface area contributed by atoms with E-state index in [-0.39, 0.29) is 10.7 Å². The standard InChI is InChI=1S/C8H11ClN4O/c1-5-10-7(9)6(4-14)8(11-5)12-13(2)3/h4H,1-3H3,(H,10,11,12). The molecule has 6 heteroatoms. The number of carbonyl (C=O) groups excluding carboxylic acids is 1. The first-order chi connectivity index (χ1) is 6.54. The number of carbonyl (C=O) groups is 1. The number of hydrazine groups is 1. The molecular weight excluding hydrogens is 204 g/mol. The Hall–Kier alpha value is -1.20. The number of hydrogen-bond donors (Lipinski definition) is 1. The fraction of sp³-hybridized carbons (Fsp3) is 0.375. The molecule has 0 saturated heterocycles. The second-order valence-electron chi connectivity index (χ2n) is 2.95. The second-order valence-corrected chi connectivity index (χ2v) is 3.31. The van der Waals surface area contributed by atoms with E-state index in [1.54, 1.807) is 26.0 Å². The van der Waals surface area contributed by atoms with Gasteiger partial charge in [-0.3, -0.25) is 4.79 Å². The van der Waals surface area contributed by atoms with Crippen LogP contribution in [-0.2, 0) is 0 Å². The van der Waals surface area contributed by atoms with Crippen LogP contribution in [0, 0.1) is 6.92 Å². The third kappa shape index (κ3) is 2.40. The van der Waals surface area contributed by atoms with E-state index in [1.165, 1.54) is 0 Å². The largest absolute Gasteiger partial charge is 0.303 e. The number of aryl methyl sites for hydroxylation is 1. The van der Waals surface area contributed by atoms with Gasteiger partial charge in [0.1, 0.15) is 11.0 Å². The van der Waals surface area contributed by atoms with Gasteiger partial charge in [-0.15, -0.1) is 0 Å². The van der Waals surface area contributed by atoms with Crippen molar-refractivity contribution < 1.29 is 4.79 Å². The monoisotopic (exact) mass is 214 g/mol. The van der Waals surface area contributed by atoms with E-state index in [0.29, 0.717) is 17.9 Å². The zero-order valence-corrected chi connectivity index (χ0v) is 8.96. The minimum atomic E-state index is 0.164. The van der Waals surface area contributed by atoms with Crippen molar-refractivity contribution in [1.82, 2.24) is 15.0 Å². The highest BCUT2D eigenvalue weighted by atomic mass is 35.5. The summed E-state index contributed by atoms with van der Waals surface area (Å²) in [5.74, 6) is 0.937. The molecule has 0 aromatic carbocycles. The lowest BCUT2D eigenvalue weighted by atomic mass is 10.3. The molecule has 0 aliphatic heterocycles. The average Bonchev–Trinajstić information content (AvgIpc) is 2.01. The number of rotatable bonds is 3. The van der Waals surface area contributed by atoms with Crippen LogP contribution in [0.4, 0.5) is 5.82 Å². The van der Waals surface area contributed by atoms with Crippen LogP contribution in [0.1, 0.15) is 16.2 Å². The zero-order chi connectivity index (χ0) is 10.7. The molecule has 0 fully saturated rings. The first-order valence-electron chi connectivity index (χ1n) is 3.98. The molecule has 0 radical (unpaired) electrons. The van der Waals surface area contributed by atoms with Crippen molar-refractivity contribution in [2.45, 2.75) is 6.92 Å². The van der Waals surface area contributed by atoms with E-state index >= 15 is 0 Å². The summed E-state index contributed by atoms with van der Waals surface area (Å²) in [5, 5.41) is 1.84. The normalized spacial score (nSPS) is 10.4. The third-order valence-corrected chi connectivity index (χ3v) is 1.75. The second kappa shape index (κ2) is 4.34. The molecule has 1 heterocycles. The molecule has 0 aliphatic carbocycles. The molecule has 1 N–H and O–H groups in total. The summed E-state index contributed by atoms with van der Waals surface area (Å²) in [6, 6.07) is 0. The molecule has 1 aromatic rings. The van der Waals surface area contributed by atoms with Gasteiger partial charge in [-0.1, -0.05) is 11.6 Å². The summed E-state index contributed by atoms with van der Waals surface area (Å²) in [6.45, 7) is 1.71. The van der Waals surface area contributed by atoms with Crippen molar-refractivity contribution in [3.05, 3.63) is 16.5 Å². The van der Waals surface area contributed by atoms with Crippen LogP contribution < -0.4 is 5.43 Å². The number of halogens is 1. The van der Waals surface area contributed by atoms with E-state index in [1.807, 2.05) is 0 Å². The Morgan fingerprint density at radius 1 is 1.43 bits per heavy atom. The topological polar surface area (TPSA) is 58.1 Å². The van der Waals surface area contributed by atoms with Gasteiger partial charge >= 0.3 is 0 Å². The van der Waals surface area contributed by atoms with Crippen LogP contribution >= 0.6 is 11.6 Å². The summed E-state index contributed by atoms with van der Waals surface area (Å²) in [6.07, 6.45) is 0.633. The predicted octanol–water partition coefficient (Wildman–Crippen LogP) is 1.14. The van der Waals surface area contributed by atoms with Gasteiger partial charge in [-0.05, 0) is 6.92 Å². The maximum atomic E-state index is 10.7. The Morgan fingerprint density at radius 2 is 2.07 bits per heavy atom. The SMILES string of the molecule is Cc1nc(Cl)c(C=O)c(NN(C)C)n1. The van der Waals surface area contributed by atoms with Gasteiger partial charge in [-0.25, -0.2) is 15.0 Å². The number of anilines is 1. The molecule has 0 bridgehead atoms. The van der Waals surface area contributed by atoms with E-state index in [0.717, 1.165) is 0 Å². The van der Waals surface area contributed by atoms with Gasteiger partial charge in [0.05, 0.1) is 5.56 Å². The predicted molar refractivity (Wildman–Crippen MR) is 54.5 cm³/mol. The maximum absolute atomic E-state index is 10.7. The van der Waals surface area contributed by atoms with Crippen molar-refractivity contribution >= 4 is 23.7 Å². The molecule has 1 aromatic heterocycles. The van der Waals surface area contributed by atoms with Gasteiger partial charge in [0.2, 0.25) is 0 Å². The van der Waals surface area contributed by atoms with E-state index in [2.05, 4.69) is 15.4 Å². The Morgan fingerprint density at radius 3 is 2.57 bits per heavy atom. The number of nitrogens with zero attached hydrogens (tertiary/aromatic N) is 3. The molecule has 76 valence electrons. The fourth-order valence-electron chi connectivity index (χ4n) is 0.948. The zero-order valence-electron chi connectivity index (χ0n) is 8.21. The van der Waals surface area contributed by atoms with Crippen molar-refractivity contribution in [2.24, 2.45) is 0 Å². The van der Waals surface area contributed by atoms with Gasteiger partial charge in [-0.2, -0.15) is 0 Å². The Kier molecular flexibility index (Phi) is 3.38. The molecule has 5 nitrogen and oxygen atoms in total. The molecule has 0 atom stereocenters. The summed E-state index contributed by atoms with van der Waals surface area (Å²) in [5.41, 5.74) is 3.14. The summed E-state index contributed by atoms with van der Waals surface area (Å²) < 4.78 is 0. The van der Waals surface area contributed by atoms with Crippen LogP contribution in [0.2, 0.25) is 5.15 Å². The van der Waals surface area contributed by atoms with Gasteiger partial charge in [0, 0.05) is 14.1 Å². The van der Waals surface area contributed by atoms with Crippen molar-refractivity contribution in [2.75, 3.05) is 19.5 Å². The minimum absolute atomic E-state index is 0.164. The average molecular weight is 215 g/mol. The smallest absolute Gasteiger partial charge is 0.156 e. The minimum Gasteiger partial charge on any atom is -0.303 e. The fourth-order valence-corrected chi connectivity index (χ4v) is 1.20. The van der Waals surface area contributed by atoms with Crippen LogP contribution in [0.3, 0.4) is 0 Å². The van der Waals surface area contributed by atoms with Crippen molar-refractivity contribution in [1.29, 1.82) is 0 Å². The van der Waals surface area contributed by atoms with E-state index in [4.69, 9.17) is 11.6 Å². The number of nitrogens with one attached hydrogen (secondary N) is 1.